The van der Waals surface area contributed by atoms with Crippen molar-refractivity contribution in [1.82, 2.24) is 5.32 Å². The largest absolute Gasteiger partial charge is 0.452 e. The summed E-state index contributed by atoms with van der Waals surface area (Å²) in [6, 6.07) is 4.30. The molecule has 0 aromatic heterocycles. The van der Waals surface area contributed by atoms with Crippen LogP contribution in [-0.2, 0) is 9.53 Å². The molecule has 0 aliphatic carbocycles. The number of hydrogen-bond donors (Lipinski definition) is 1. The molecule has 1 aromatic rings. The molecule has 0 unspecified atom stereocenters. The van der Waals surface area contributed by atoms with Crippen molar-refractivity contribution < 1.29 is 19.2 Å². The first-order valence-corrected chi connectivity index (χ1v) is 9.89. The van der Waals surface area contributed by atoms with Gasteiger partial charge in [-0.15, -0.1) is 0 Å². The van der Waals surface area contributed by atoms with Crippen molar-refractivity contribution in [3.8, 4) is 0 Å². The maximum Gasteiger partial charge on any atom is 0.338 e. The molecule has 2 rings (SSSR count). The summed E-state index contributed by atoms with van der Waals surface area (Å²) in [5.74, 6) is -1.17. The second-order valence-electron chi connectivity index (χ2n) is 9.40. The Morgan fingerprint density at radius 3 is 2.34 bits per heavy atom. The summed E-state index contributed by atoms with van der Waals surface area (Å²) in [5.41, 5.74) is 0.0192. The highest BCUT2D eigenvalue weighted by atomic mass is 16.6. The molecule has 1 heterocycles. The number of anilines is 1. The van der Waals surface area contributed by atoms with Crippen LogP contribution in [-0.4, -0.2) is 42.0 Å². The molecule has 1 amide bonds. The first-order chi connectivity index (χ1) is 13.4. The van der Waals surface area contributed by atoms with E-state index in [4.69, 9.17) is 4.74 Å². The summed E-state index contributed by atoms with van der Waals surface area (Å²) in [6.07, 6.45) is 2.73. The van der Waals surface area contributed by atoms with E-state index >= 15 is 0 Å². The lowest BCUT2D eigenvalue weighted by atomic mass is 9.82. The van der Waals surface area contributed by atoms with Crippen molar-refractivity contribution >= 4 is 23.3 Å². The topological polar surface area (TPSA) is 102 Å². The van der Waals surface area contributed by atoms with Gasteiger partial charge in [0.05, 0.1) is 10.5 Å². The normalized spacial score (nSPS) is 14.6. The zero-order chi connectivity index (χ0) is 21.8. The number of nitro groups is 1. The molecule has 8 heteroatoms. The summed E-state index contributed by atoms with van der Waals surface area (Å²) in [7, 11) is 0. The lowest BCUT2D eigenvalue weighted by molar-refractivity contribution is -0.384. The summed E-state index contributed by atoms with van der Waals surface area (Å²) >= 11 is 0. The minimum atomic E-state index is -0.759. The highest BCUT2D eigenvalue weighted by molar-refractivity contribution is 5.93. The quantitative estimate of drug-likeness (QED) is 0.422. The number of esters is 1. The molecule has 160 valence electrons. The number of rotatable bonds is 7. The standard InChI is InChI=1S/C21H31N3O5/c1-20(2,3)14-21(4,5)22-18(25)13-29-19(26)15-8-9-16(17(12-15)24(27)28)23-10-6-7-11-23/h8-9,12H,6-7,10-11,13-14H2,1-5H3,(H,22,25). The van der Waals surface area contributed by atoms with Crippen LogP contribution >= 0.6 is 0 Å². The van der Waals surface area contributed by atoms with Gasteiger partial charge in [-0.3, -0.25) is 14.9 Å². The predicted molar refractivity (Wildman–Crippen MR) is 111 cm³/mol. The van der Waals surface area contributed by atoms with E-state index in [2.05, 4.69) is 26.1 Å². The third-order valence-corrected chi connectivity index (χ3v) is 4.64. The van der Waals surface area contributed by atoms with E-state index in [-0.39, 0.29) is 16.7 Å². The van der Waals surface area contributed by atoms with E-state index in [0.717, 1.165) is 32.4 Å². The Kier molecular flexibility index (Phi) is 6.87. The van der Waals surface area contributed by atoms with Gasteiger partial charge in [0.15, 0.2) is 6.61 Å². The number of benzene rings is 1. The van der Waals surface area contributed by atoms with Crippen LogP contribution in [0, 0.1) is 15.5 Å². The molecule has 1 fully saturated rings. The fourth-order valence-electron chi connectivity index (χ4n) is 4.02. The maximum absolute atomic E-state index is 12.3. The summed E-state index contributed by atoms with van der Waals surface area (Å²) in [4.78, 5) is 37.4. The van der Waals surface area contributed by atoms with Gasteiger partial charge in [-0.25, -0.2) is 4.79 Å². The Morgan fingerprint density at radius 1 is 1.17 bits per heavy atom. The number of carbonyl (C=O) groups is 2. The molecule has 1 aromatic carbocycles. The molecule has 0 atom stereocenters. The van der Waals surface area contributed by atoms with Crippen LogP contribution in [0.15, 0.2) is 18.2 Å². The molecule has 1 saturated heterocycles. The Balaban J connectivity index is 2.00. The number of amides is 1. The maximum atomic E-state index is 12.3. The zero-order valence-corrected chi connectivity index (χ0v) is 17.9. The second-order valence-corrected chi connectivity index (χ2v) is 9.40. The van der Waals surface area contributed by atoms with Crippen molar-refractivity contribution in [2.24, 2.45) is 5.41 Å². The molecular weight excluding hydrogens is 374 g/mol. The van der Waals surface area contributed by atoms with Gasteiger partial charge in [0.1, 0.15) is 5.69 Å². The summed E-state index contributed by atoms with van der Waals surface area (Å²) in [5, 5.41) is 14.3. The van der Waals surface area contributed by atoms with E-state index in [0.29, 0.717) is 5.69 Å². The molecule has 8 nitrogen and oxygen atoms in total. The zero-order valence-electron chi connectivity index (χ0n) is 17.9. The van der Waals surface area contributed by atoms with Gasteiger partial charge in [0.25, 0.3) is 11.6 Å². The van der Waals surface area contributed by atoms with E-state index < -0.39 is 28.9 Å². The van der Waals surface area contributed by atoms with Gasteiger partial charge < -0.3 is 15.0 Å². The molecule has 0 spiro atoms. The number of nitrogens with zero attached hydrogens (tertiary/aromatic N) is 2. The third-order valence-electron chi connectivity index (χ3n) is 4.64. The monoisotopic (exact) mass is 405 g/mol. The molecule has 0 saturated carbocycles. The van der Waals surface area contributed by atoms with Crippen molar-refractivity contribution in [2.45, 2.75) is 59.4 Å². The lowest BCUT2D eigenvalue weighted by Crippen LogP contribution is -2.47. The fraction of sp³-hybridized carbons (Fsp3) is 0.619. The third kappa shape index (κ3) is 6.73. The van der Waals surface area contributed by atoms with Gasteiger partial charge in [-0.2, -0.15) is 0 Å². The molecule has 1 N–H and O–H groups in total. The van der Waals surface area contributed by atoms with Crippen LogP contribution < -0.4 is 10.2 Å². The molecule has 0 bridgehead atoms. The average molecular weight is 405 g/mol. The van der Waals surface area contributed by atoms with Gasteiger partial charge in [-0.1, -0.05) is 20.8 Å². The number of ether oxygens (including phenoxy) is 1. The number of nitrogens with one attached hydrogen (secondary N) is 1. The Labute approximate surface area is 171 Å². The van der Waals surface area contributed by atoms with E-state index in [1.54, 1.807) is 6.07 Å². The van der Waals surface area contributed by atoms with E-state index in [1.165, 1.54) is 12.1 Å². The van der Waals surface area contributed by atoms with Crippen molar-refractivity contribution in [2.75, 3.05) is 24.6 Å². The van der Waals surface area contributed by atoms with Crippen LogP contribution in [0.2, 0.25) is 0 Å². The molecule has 1 aliphatic rings. The first kappa shape index (κ1) is 22.6. The first-order valence-electron chi connectivity index (χ1n) is 9.89. The summed E-state index contributed by atoms with van der Waals surface area (Å²) in [6.45, 7) is 11.2. The Hall–Kier alpha value is -2.64. The lowest BCUT2D eigenvalue weighted by Gasteiger charge is -2.33. The summed E-state index contributed by atoms with van der Waals surface area (Å²) < 4.78 is 5.08. The second kappa shape index (κ2) is 8.80. The number of hydrogen-bond acceptors (Lipinski definition) is 6. The van der Waals surface area contributed by atoms with Crippen LogP contribution in [0.3, 0.4) is 0 Å². The molecule has 29 heavy (non-hydrogen) atoms. The minimum Gasteiger partial charge on any atom is -0.452 e. The highest BCUT2D eigenvalue weighted by Crippen LogP contribution is 2.32. The number of carbonyl (C=O) groups excluding carboxylic acids is 2. The molecular formula is C21H31N3O5. The van der Waals surface area contributed by atoms with Crippen LogP contribution in [0.25, 0.3) is 0 Å². The van der Waals surface area contributed by atoms with Gasteiger partial charge in [-0.05, 0) is 50.7 Å². The van der Waals surface area contributed by atoms with Crippen LogP contribution in [0.5, 0.6) is 0 Å². The fourth-order valence-corrected chi connectivity index (χ4v) is 4.02. The van der Waals surface area contributed by atoms with E-state index in [9.17, 15) is 19.7 Å². The predicted octanol–water partition coefficient (Wildman–Crippen LogP) is 3.68. The highest BCUT2D eigenvalue weighted by Gasteiger charge is 2.28. The number of nitro benzene ring substituents is 1. The molecule has 1 aliphatic heterocycles. The minimum absolute atomic E-state index is 0.0312. The Bertz CT molecular complexity index is 777. The van der Waals surface area contributed by atoms with Crippen LogP contribution in [0.4, 0.5) is 11.4 Å². The van der Waals surface area contributed by atoms with Crippen molar-refractivity contribution in [1.29, 1.82) is 0 Å². The van der Waals surface area contributed by atoms with Gasteiger partial charge in [0, 0.05) is 24.7 Å². The molecule has 0 radical (unpaired) electrons. The van der Waals surface area contributed by atoms with Crippen molar-refractivity contribution in [3.63, 3.8) is 0 Å². The van der Waals surface area contributed by atoms with Crippen LogP contribution in [0.1, 0.15) is 64.2 Å². The van der Waals surface area contributed by atoms with Gasteiger partial charge >= 0.3 is 5.97 Å². The SMILES string of the molecule is CC(C)(C)CC(C)(C)NC(=O)COC(=O)c1ccc(N2CCCC2)c([N+](=O)[O-])c1. The Morgan fingerprint density at radius 2 is 1.79 bits per heavy atom. The smallest absolute Gasteiger partial charge is 0.338 e. The van der Waals surface area contributed by atoms with E-state index in [1.807, 2.05) is 18.7 Å². The van der Waals surface area contributed by atoms with Crippen molar-refractivity contribution in [3.05, 3.63) is 33.9 Å². The average Bonchev–Trinajstić information content (AvgIpc) is 3.10. The van der Waals surface area contributed by atoms with Gasteiger partial charge in [0.2, 0.25) is 0 Å².